The third-order valence-corrected chi connectivity index (χ3v) is 4.18. The van der Waals surface area contributed by atoms with Gasteiger partial charge in [0, 0.05) is 25.7 Å². The summed E-state index contributed by atoms with van der Waals surface area (Å²) in [5, 5.41) is 12.5. The minimum absolute atomic E-state index is 0.402. The lowest BCUT2D eigenvalue weighted by Gasteiger charge is -2.27. The normalized spacial score (nSPS) is 15.8. The lowest BCUT2D eigenvalue weighted by molar-refractivity contribution is -0.137. The molecule has 1 atom stereocenters. The number of aromatic nitrogens is 2. The predicted molar refractivity (Wildman–Crippen MR) is 93.3 cm³/mol. The largest absolute Gasteiger partial charge is 0.480 e. The summed E-state index contributed by atoms with van der Waals surface area (Å²) in [5.41, 5.74) is 0.975. The predicted octanol–water partition coefficient (Wildman–Crippen LogP) is 2.57. The zero-order valence-electron chi connectivity index (χ0n) is 13.6. The van der Waals surface area contributed by atoms with Gasteiger partial charge in [-0.2, -0.15) is 4.98 Å². The van der Waals surface area contributed by atoms with Crippen molar-refractivity contribution in [2.24, 2.45) is 0 Å². The molecular formula is C18H22N4O2. The van der Waals surface area contributed by atoms with E-state index in [1.54, 1.807) is 12.3 Å². The van der Waals surface area contributed by atoms with Crippen LogP contribution < -0.4 is 10.2 Å². The maximum absolute atomic E-state index is 11.6. The van der Waals surface area contributed by atoms with E-state index in [0.29, 0.717) is 18.2 Å². The highest BCUT2D eigenvalue weighted by molar-refractivity contribution is 5.77. The van der Waals surface area contributed by atoms with Crippen LogP contribution in [0.3, 0.4) is 0 Å². The Labute approximate surface area is 141 Å². The second-order valence-electron chi connectivity index (χ2n) is 6.01. The Balaban J connectivity index is 1.71. The average molecular weight is 326 g/mol. The molecule has 0 aliphatic carbocycles. The number of benzene rings is 1. The monoisotopic (exact) mass is 326 g/mol. The molecule has 1 saturated heterocycles. The van der Waals surface area contributed by atoms with Gasteiger partial charge in [-0.05, 0) is 30.9 Å². The first kappa shape index (κ1) is 16.2. The number of carbonyl (C=O) groups is 1. The van der Waals surface area contributed by atoms with E-state index in [2.05, 4.69) is 20.2 Å². The lowest BCUT2D eigenvalue weighted by Crippen LogP contribution is -2.33. The van der Waals surface area contributed by atoms with Crippen molar-refractivity contribution in [1.82, 2.24) is 9.97 Å². The first-order chi connectivity index (χ1) is 11.7. The fourth-order valence-corrected chi connectivity index (χ4v) is 2.90. The summed E-state index contributed by atoms with van der Waals surface area (Å²) in [7, 11) is 0. The van der Waals surface area contributed by atoms with Crippen LogP contribution in [-0.4, -0.2) is 40.2 Å². The average Bonchev–Trinajstić information content (AvgIpc) is 2.63. The summed E-state index contributed by atoms with van der Waals surface area (Å²) >= 11 is 0. The molecule has 24 heavy (non-hydrogen) atoms. The molecule has 1 aliphatic heterocycles. The molecule has 2 aromatic rings. The Morgan fingerprint density at radius 2 is 1.92 bits per heavy atom. The Kier molecular flexibility index (Phi) is 5.25. The number of nitrogens with zero attached hydrogens (tertiary/aromatic N) is 3. The van der Waals surface area contributed by atoms with Crippen molar-refractivity contribution in [3.8, 4) is 0 Å². The Morgan fingerprint density at radius 3 is 2.62 bits per heavy atom. The second-order valence-corrected chi connectivity index (χ2v) is 6.01. The number of carboxylic acids is 1. The zero-order chi connectivity index (χ0) is 16.8. The first-order valence-corrected chi connectivity index (χ1v) is 8.33. The molecule has 0 amide bonds. The van der Waals surface area contributed by atoms with Gasteiger partial charge in [-0.1, -0.05) is 30.3 Å². The van der Waals surface area contributed by atoms with Gasteiger partial charge < -0.3 is 15.3 Å². The number of rotatable bonds is 6. The number of aliphatic carboxylic acids is 1. The van der Waals surface area contributed by atoms with Crippen molar-refractivity contribution < 1.29 is 9.90 Å². The number of hydrogen-bond acceptors (Lipinski definition) is 5. The van der Waals surface area contributed by atoms with Crippen molar-refractivity contribution >= 4 is 17.7 Å². The number of piperidine rings is 1. The van der Waals surface area contributed by atoms with Crippen molar-refractivity contribution in [3.05, 3.63) is 48.2 Å². The zero-order valence-corrected chi connectivity index (χ0v) is 13.6. The number of carboxylic acid groups (broad SMARTS) is 1. The van der Waals surface area contributed by atoms with Gasteiger partial charge in [-0.15, -0.1) is 0 Å². The molecule has 1 fully saturated rings. The van der Waals surface area contributed by atoms with Gasteiger partial charge in [-0.3, -0.25) is 0 Å². The third kappa shape index (κ3) is 4.22. The van der Waals surface area contributed by atoms with Gasteiger partial charge in [0.15, 0.2) is 0 Å². The molecule has 0 spiro atoms. The molecule has 1 aromatic carbocycles. The molecule has 3 rings (SSSR count). The van der Waals surface area contributed by atoms with E-state index in [0.717, 1.165) is 31.5 Å². The van der Waals surface area contributed by atoms with E-state index in [1.165, 1.54) is 6.42 Å². The smallest absolute Gasteiger partial charge is 0.326 e. The van der Waals surface area contributed by atoms with Crippen LogP contribution in [0.15, 0.2) is 42.6 Å². The number of hydrogen-bond donors (Lipinski definition) is 2. The molecular weight excluding hydrogens is 304 g/mol. The lowest BCUT2D eigenvalue weighted by atomic mass is 10.1. The maximum atomic E-state index is 11.6. The maximum Gasteiger partial charge on any atom is 0.326 e. The number of anilines is 2. The summed E-state index contributed by atoms with van der Waals surface area (Å²) in [5.74, 6) is 0.328. The molecule has 0 bridgehead atoms. The van der Waals surface area contributed by atoms with Crippen molar-refractivity contribution in [2.75, 3.05) is 23.3 Å². The Bertz CT molecular complexity index is 672. The van der Waals surface area contributed by atoms with Gasteiger partial charge in [0.05, 0.1) is 0 Å². The molecule has 0 unspecified atom stereocenters. The van der Waals surface area contributed by atoms with Gasteiger partial charge >= 0.3 is 5.97 Å². The topological polar surface area (TPSA) is 78.3 Å². The van der Waals surface area contributed by atoms with E-state index in [9.17, 15) is 9.90 Å². The highest BCUT2D eigenvalue weighted by Gasteiger charge is 2.19. The molecule has 1 aromatic heterocycles. The van der Waals surface area contributed by atoms with Gasteiger partial charge in [-0.25, -0.2) is 9.78 Å². The quantitative estimate of drug-likeness (QED) is 0.849. The van der Waals surface area contributed by atoms with E-state index in [-0.39, 0.29) is 0 Å². The Morgan fingerprint density at radius 1 is 1.17 bits per heavy atom. The molecule has 2 N–H and O–H groups in total. The van der Waals surface area contributed by atoms with Crippen LogP contribution in [0, 0.1) is 0 Å². The van der Waals surface area contributed by atoms with Crippen molar-refractivity contribution in [2.45, 2.75) is 31.7 Å². The highest BCUT2D eigenvalue weighted by atomic mass is 16.4. The van der Waals surface area contributed by atoms with Crippen molar-refractivity contribution in [1.29, 1.82) is 0 Å². The molecule has 0 saturated carbocycles. The van der Waals surface area contributed by atoms with E-state index in [4.69, 9.17) is 0 Å². The van der Waals surface area contributed by atoms with E-state index in [1.807, 2.05) is 30.3 Å². The van der Waals surface area contributed by atoms with Crippen molar-refractivity contribution in [3.63, 3.8) is 0 Å². The van der Waals surface area contributed by atoms with E-state index < -0.39 is 12.0 Å². The summed E-state index contributed by atoms with van der Waals surface area (Å²) in [6.07, 6.45) is 5.62. The molecule has 6 heteroatoms. The van der Waals surface area contributed by atoms with Crippen LogP contribution in [0.1, 0.15) is 24.8 Å². The first-order valence-electron chi connectivity index (χ1n) is 8.33. The standard InChI is InChI=1S/C18H22N4O2/c23-17(24)15(13-14-7-3-1-4-8-14)20-16-9-10-19-18(21-16)22-11-5-2-6-12-22/h1,3-4,7-10,15H,2,5-6,11-13H2,(H,23,24)(H,19,20,21)/t15-/m1/s1. The molecule has 0 radical (unpaired) electrons. The van der Waals surface area contributed by atoms with Crippen LogP contribution in [-0.2, 0) is 11.2 Å². The van der Waals surface area contributed by atoms with Crippen LogP contribution in [0.2, 0.25) is 0 Å². The minimum Gasteiger partial charge on any atom is -0.480 e. The highest BCUT2D eigenvalue weighted by Crippen LogP contribution is 2.17. The van der Waals surface area contributed by atoms with Gasteiger partial charge in [0.1, 0.15) is 11.9 Å². The third-order valence-electron chi connectivity index (χ3n) is 4.18. The molecule has 1 aliphatic rings. The fraction of sp³-hybridized carbons (Fsp3) is 0.389. The van der Waals surface area contributed by atoms with E-state index >= 15 is 0 Å². The fourth-order valence-electron chi connectivity index (χ4n) is 2.90. The summed E-state index contributed by atoms with van der Waals surface area (Å²) in [4.78, 5) is 22.6. The summed E-state index contributed by atoms with van der Waals surface area (Å²) < 4.78 is 0. The molecule has 6 nitrogen and oxygen atoms in total. The molecule has 2 heterocycles. The SMILES string of the molecule is O=C(O)[C@@H](Cc1ccccc1)Nc1ccnc(N2CCCCC2)n1. The minimum atomic E-state index is -0.892. The Hall–Kier alpha value is -2.63. The van der Waals surface area contributed by atoms with Crippen LogP contribution in [0.25, 0.3) is 0 Å². The summed E-state index contributed by atoms with van der Waals surface area (Å²) in [6, 6.07) is 10.6. The van der Waals surface area contributed by atoms with Gasteiger partial charge in [0.25, 0.3) is 0 Å². The van der Waals surface area contributed by atoms with Gasteiger partial charge in [0.2, 0.25) is 5.95 Å². The summed E-state index contributed by atoms with van der Waals surface area (Å²) in [6.45, 7) is 1.91. The van der Waals surface area contributed by atoms with Crippen LogP contribution in [0.5, 0.6) is 0 Å². The second kappa shape index (κ2) is 7.77. The van der Waals surface area contributed by atoms with Crippen LogP contribution >= 0.6 is 0 Å². The molecule has 126 valence electrons. The van der Waals surface area contributed by atoms with Crippen LogP contribution in [0.4, 0.5) is 11.8 Å². The number of nitrogens with one attached hydrogen (secondary N) is 1.